The van der Waals surface area contributed by atoms with Gasteiger partial charge in [0.2, 0.25) is 0 Å². The Labute approximate surface area is 121 Å². The Bertz CT molecular complexity index is 487. The van der Waals surface area contributed by atoms with Crippen molar-refractivity contribution in [2.24, 2.45) is 0 Å². The summed E-state index contributed by atoms with van der Waals surface area (Å²) < 4.78 is 5.03. The molecule has 0 aromatic carbocycles. The first-order valence-electron chi connectivity index (χ1n) is 5.29. The van der Waals surface area contributed by atoms with Crippen LogP contribution >= 0.6 is 27.3 Å². The molecule has 104 valence electrons. The van der Waals surface area contributed by atoms with Gasteiger partial charge in [-0.25, -0.2) is 4.79 Å². The molecule has 0 aliphatic carbocycles. The van der Waals surface area contributed by atoms with Crippen LogP contribution in [0.15, 0.2) is 15.9 Å². The lowest BCUT2D eigenvalue weighted by molar-refractivity contribution is -0.142. The second-order valence-corrected chi connectivity index (χ2v) is 5.35. The number of aliphatic carboxylic acids is 1. The van der Waals surface area contributed by atoms with Gasteiger partial charge in [-0.05, 0) is 33.8 Å². The van der Waals surface area contributed by atoms with Crippen LogP contribution in [0.5, 0.6) is 0 Å². The maximum absolute atomic E-state index is 11.8. The van der Waals surface area contributed by atoms with Crippen LogP contribution in [0, 0.1) is 0 Å². The Morgan fingerprint density at radius 3 is 2.68 bits per heavy atom. The van der Waals surface area contributed by atoms with E-state index in [1.54, 1.807) is 11.4 Å². The smallest absolute Gasteiger partial charge is 0.326 e. The third-order valence-electron chi connectivity index (χ3n) is 2.29. The molecule has 0 saturated carbocycles. The summed E-state index contributed by atoms with van der Waals surface area (Å²) in [5, 5.41) is 13.1. The number of carbonyl (C=O) groups excluding carboxylic acids is 2. The topological polar surface area (TPSA) is 92.7 Å². The van der Waals surface area contributed by atoms with Crippen molar-refractivity contribution in [2.75, 3.05) is 7.11 Å². The maximum atomic E-state index is 11.8. The molecule has 0 saturated heterocycles. The van der Waals surface area contributed by atoms with E-state index in [0.29, 0.717) is 9.35 Å². The number of esters is 1. The summed E-state index contributed by atoms with van der Waals surface area (Å²) in [4.78, 5) is 34.2. The lowest BCUT2D eigenvalue weighted by atomic mass is 10.1. The van der Waals surface area contributed by atoms with Crippen LogP contribution in [0.25, 0.3) is 0 Å². The third-order valence-corrected chi connectivity index (χ3v) is 4.13. The van der Waals surface area contributed by atoms with Gasteiger partial charge in [0.25, 0.3) is 5.91 Å². The van der Waals surface area contributed by atoms with Crippen LogP contribution in [0.3, 0.4) is 0 Å². The van der Waals surface area contributed by atoms with Crippen LogP contribution in [-0.4, -0.2) is 36.1 Å². The lowest BCUT2D eigenvalue weighted by Gasteiger charge is -2.13. The number of rotatable bonds is 6. The molecule has 1 atom stereocenters. The Morgan fingerprint density at radius 1 is 1.53 bits per heavy atom. The van der Waals surface area contributed by atoms with Crippen molar-refractivity contribution < 1.29 is 24.2 Å². The van der Waals surface area contributed by atoms with E-state index >= 15 is 0 Å². The summed E-state index contributed by atoms with van der Waals surface area (Å²) in [5.41, 5.74) is 0. The highest BCUT2D eigenvalue weighted by Crippen LogP contribution is 2.22. The van der Waals surface area contributed by atoms with E-state index in [4.69, 9.17) is 5.11 Å². The summed E-state index contributed by atoms with van der Waals surface area (Å²) in [6, 6.07) is 0.574. The number of hydrogen-bond donors (Lipinski definition) is 2. The molecule has 0 aliphatic rings. The SMILES string of the molecule is COC(=O)CC[C@@H](NC(=O)c1sccc1Br)C(=O)O. The van der Waals surface area contributed by atoms with Crippen LogP contribution < -0.4 is 5.32 Å². The highest BCUT2D eigenvalue weighted by Gasteiger charge is 2.23. The molecule has 1 amide bonds. The molecule has 0 fully saturated rings. The molecule has 1 heterocycles. The van der Waals surface area contributed by atoms with Gasteiger partial charge in [0, 0.05) is 10.9 Å². The number of carboxylic acid groups (broad SMARTS) is 1. The minimum absolute atomic E-state index is 0.0171. The first-order valence-corrected chi connectivity index (χ1v) is 6.96. The van der Waals surface area contributed by atoms with Gasteiger partial charge in [-0.1, -0.05) is 0 Å². The standard InChI is InChI=1S/C11H12BrNO5S/c1-18-8(14)3-2-7(11(16)17)13-10(15)9-6(12)4-5-19-9/h4-5,7H,2-3H2,1H3,(H,13,15)(H,16,17)/t7-/m1/s1. The van der Waals surface area contributed by atoms with Crippen molar-refractivity contribution in [3.05, 3.63) is 20.8 Å². The van der Waals surface area contributed by atoms with E-state index < -0.39 is 23.9 Å². The highest BCUT2D eigenvalue weighted by molar-refractivity contribution is 9.10. The van der Waals surface area contributed by atoms with E-state index in [1.165, 1.54) is 18.4 Å². The molecule has 19 heavy (non-hydrogen) atoms. The minimum Gasteiger partial charge on any atom is -0.480 e. The second-order valence-electron chi connectivity index (χ2n) is 3.58. The van der Waals surface area contributed by atoms with Crippen molar-refractivity contribution in [3.8, 4) is 0 Å². The van der Waals surface area contributed by atoms with E-state index in [0.717, 1.165) is 0 Å². The normalized spacial score (nSPS) is 11.7. The largest absolute Gasteiger partial charge is 0.480 e. The number of halogens is 1. The molecular formula is C11H12BrNO5S. The zero-order chi connectivity index (χ0) is 14.4. The lowest BCUT2D eigenvalue weighted by Crippen LogP contribution is -2.41. The van der Waals surface area contributed by atoms with Crippen molar-refractivity contribution in [1.29, 1.82) is 0 Å². The van der Waals surface area contributed by atoms with E-state index in [-0.39, 0.29) is 12.8 Å². The average molecular weight is 350 g/mol. The molecule has 0 unspecified atom stereocenters. The van der Waals surface area contributed by atoms with Crippen molar-refractivity contribution in [1.82, 2.24) is 5.32 Å². The number of nitrogens with one attached hydrogen (secondary N) is 1. The average Bonchev–Trinajstić information content (AvgIpc) is 2.79. The third kappa shape index (κ3) is 4.64. The van der Waals surface area contributed by atoms with Crippen molar-refractivity contribution in [3.63, 3.8) is 0 Å². The monoisotopic (exact) mass is 349 g/mol. The zero-order valence-corrected chi connectivity index (χ0v) is 12.4. The number of ether oxygens (including phenoxy) is 1. The molecule has 1 rings (SSSR count). The fourth-order valence-electron chi connectivity index (χ4n) is 1.30. The van der Waals surface area contributed by atoms with Gasteiger partial charge < -0.3 is 15.2 Å². The Hall–Kier alpha value is -1.41. The Kier molecular flexibility index (Phi) is 5.97. The molecule has 0 aliphatic heterocycles. The number of amides is 1. The molecule has 2 N–H and O–H groups in total. The van der Waals surface area contributed by atoms with E-state index in [9.17, 15) is 14.4 Å². The molecule has 0 spiro atoms. The van der Waals surface area contributed by atoms with Gasteiger partial charge in [-0.3, -0.25) is 9.59 Å². The fraction of sp³-hybridized carbons (Fsp3) is 0.364. The summed E-state index contributed by atoms with van der Waals surface area (Å²) in [7, 11) is 1.22. The van der Waals surface area contributed by atoms with Crippen molar-refractivity contribution >= 4 is 45.1 Å². The van der Waals surface area contributed by atoms with Crippen LogP contribution in [0.1, 0.15) is 22.5 Å². The zero-order valence-electron chi connectivity index (χ0n) is 10.0. The first-order chi connectivity index (χ1) is 8.95. The van der Waals surface area contributed by atoms with Gasteiger partial charge in [-0.2, -0.15) is 0 Å². The molecule has 8 heteroatoms. The maximum Gasteiger partial charge on any atom is 0.326 e. The van der Waals surface area contributed by atoms with Gasteiger partial charge in [0.15, 0.2) is 0 Å². The van der Waals surface area contributed by atoms with Crippen LogP contribution in [-0.2, 0) is 14.3 Å². The quantitative estimate of drug-likeness (QED) is 0.761. The van der Waals surface area contributed by atoms with Crippen molar-refractivity contribution in [2.45, 2.75) is 18.9 Å². The molecule has 1 aromatic rings. The molecule has 1 aromatic heterocycles. The molecule has 0 bridgehead atoms. The number of methoxy groups -OCH3 is 1. The minimum atomic E-state index is -1.19. The van der Waals surface area contributed by atoms with Gasteiger partial charge in [-0.15, -0.1) is 11.3 Å². The summed E-state index contributed by atoms with van der Waals surface area (Å²) in [6.45, 7) is 0. The summed E-state index contributed by atoms with van der Waals surface area (Å²) in [5.74, 6) is -2.19. The fourth-order valence-corrected chi connectivity index (χ4v) is 2.76. The van der Waals surface area contributed by atoms with Gasteiger partial charge in [0.05, 0.1) is 7.11 Å². The Morgan fingerprint density at radius 2 is 2.21 bits per heavy atom. The summed E-state index contributed by atoms with van der Waals surface area (Å²) >= 11 is 4.39. The summed E-state index contributed by atoms with van der Waals surface area (Å²) in [6.07, 6.45) is -0.0872. The van der Waals surface area contributed by atoms with Crippen LogP contribution in [0.4, 0.5) is 0 Å². The molecular weight excluding hydrogens is 338 g/mol. The number of carbonyl (C=O) groups is 3. The predicted octanol–water partition coefficient (Wildman–Crippen LogP) is 1.65. The van der Waals surface area contributed by atoms with Gasteiger partial charge >= 0.3 is 11.9 Å². The van der Waals surface area contributed by atoms with E-state index in [2.05, 4.69) is 26.0 Å². The predicted molar refractivity (Wildman–Crippen MR) is 72.2 cm³/mol. The number of hydrogen-bond acceptors (Lipinski definition) is 5. The molecule has 6 nitrogen and oxygen atoms in total. The second kappa shape index (κ2) is 7.25. The number of carboxylic acids is 1. The highest BCUT2D eigenvalue weighted by atomic mass is 79.9. The Balaban J connectivity index is 2.64. The molecule has 0 radical (unpaired) electrons. The number of thiophene rings is 1. The van der Waals surface area contributed by atoms with E-state index in [1.807, 2.05) is 0 Å². The van der Waals surface area contributed by atoms with Crippen LogP contribution in [0.2, 0.25) is 0 Å². The first kappa shape index (κ1) is 15.6. The van der Waals surface area contributed by atoms with Gasteiger partial charge in [0.1, 0.15) is 10.9 Å².